The lowest BCUT2D eigenvalue weighted by atomic mass is 9.88. The Bertz CT molecular complexity index is 5840. The van der Waals surface area contributed by atoms with Crippen molar-refractivity contribution < 1.29 is 0 Å². The standard InChI is InChI=1S/2C44H32P2.C22H18/c2*1-5-19-35(20-6-1)45(36-21-7-2-8-22-36)41-31-29-33-17-13-15-27-39(33)43(41)44-40-28-16-14-18-34(40)30-32-42(44)46(37-23-9-3-10-24-37)38-25-11-4-12-26-38;1-15-11-13-17-7-3-5-9-19(17)21(15)22-16(2)12-14-18-8-4-6-10-20(18)22/h2*1-32H;3-14H,1-2H3. The predicted molar refractivity (Wildman–Crippen MR) is 505 cm³/mol. The average Bonchev–Trinajstić information content (AvgIpc) is 0.748. The molecule has 20 rings (SSSR count). The molecule has 0 nitrogen and oxygen atoms in total. The first-order valence-corrected chi connectivity index (χ1v) is 44.5. The summed E-state index contributed by atoms with van der Waals surface area (Å²) in [4.78, 5) is 0. The van der Waals surface area contributed by atoms with Crippen LogP contribution in [0.1, 0.15) is 11.1 Å². The third kappa shape index (κ3) is 14.8. The smallest absolute Gasteiger partial charge is 0.000884 e. The van der Waals surface area contributed by atoms with Crippen molar-refractivity contribution in [3.63, 3.8) is 0 Å². The molecule has 20 aromatic carbocycles. The zero-order valence-corrected chi connectivity index (χ0v) is 67.2. The van der Waals surface area contributed by atoms with Gasteiger partial charge >= 0.3 is 0 Å². The molecule has 0 aromatic heterocycles. The highest BCUT2D eigenvalue weighted by molar-refractivity contribution is 7.81. The van der Waals surface area contributed by atoms with E-state index >= 15 is 0 Å². The number of fused-ring (bicyclic) bond motifs is 6. The molecular formula is C110H82P4. The second kappa shape index (κ2) is 33.9. The van der Waals surface area contributed by atoms with E-state index in [9.17, 15) is 0 Å². The van der Waals surface area contributed by atoms with Gasteiger partial charge in [0.1, 0.15) is 0 Å². The van der Waals surface area contributed by atoms with Crippen molar-refractivity contribution in [3.8, 4) is 33.4 Å². The Morgan fingerprint density at radius 1 is 0.123 bits per heavy atom. The molecule has 0 aliphatic rings. The van der Waals surface area contributed by atoms with Crippen LogP contribution in [-0.4, -0.2) is 0 Å². The Labute approximate surface area is 674 Å². The maximum absolute atomic E-state index is 2.42. The normalized spacial score (nSPS) is 11.4. The lowest BCUT2D eigenvalue weighted by Gasteiger charge is -2.28. The van der Waals surface area contributed by atoms with Gasteiger partial charge in [0.25, 0.3) is 0 Å². The van der Waals surface area contributed by atoms with Crippen LogP contribution in [-0.2, 0) is 0 Å². The fraction of sp³-hybridized carbons (Fsp3) is 0.0182. The van der Waals surface area contributed by atoms with E-state index in [1.54, 1.807) is 0 Å². The van der Waals surface area contributed by atoms with Crippen LogP contribution in [0.15, 0.2) is 461 Å². The molecule has 4 heteroatoms. The van der Waals surface area contributed by atoms with Crippen LogP contribution in [0.5, 0.6) is 0 Å². The Kier molecular flexibility index (Phi) is 21.8. The van der Waals surface area contributed by atoms with E-state index in [2.05, 4.69) is 475 Å². The SMILES string of the molecule is Cc1ccc2ccccc2c1-c1c(C)ccc2ccccc12.c1ccc(P(c2ccccc2)c2ccc3ccccc3c2-c2c(P(c3ccccc3)c3ccccc3)ccc3ccccc23)cc1.c1ccc(P(c2ccccc2)c2ccc3ccccc3c2-c2c(P(c3ccccc3)c3ccccc3)ccc3ccccc23)cc1. The summed E-state index contributed by atoms with van der Waals surface area (Å²) < 4.78 is 0. The number of hydrogen-bond acceptors (Lipinski definition) is 0. The minimum absolute atomic E-state index is 0.852. The molecule has 0 heterocycles. The average molecular weight is 1530 g/mol. The van der Waals surface area contributed by atoms with E-state index in [4.69, 9.17) is 0 Å². The maximum Gasteiger partial charge on any atom is -0.000884 e. The number of rotatable bonds is 15. The van der Waals surface area contributed by atoms with Crippen molar-refractivity contribution >= 4 is 160 Å². The lowest BCUT2D eigenvalue weighted by Crippen LogP contribution is -2.26. The fourth-order valence-electron chi connectivity index (χ4n) is 16.6. The van der Waals surface area contributed by atoms with E-state index in [-0.39, 0.29) is 0 Å². The van der Waals surface area contributed by atoms with E-state index < -0.39 is 31.7 Å². The highest BCUT2D eigenvalue weighted by Crippen LogP contribution is 2.49. The highest BCUT2D eigenvalue weighted by atomic mass is 31.1. The number of hydrogen-bond donors (Lipinski definition) is 0. The molecule has 0 unspecified atom stereocenters. The van der Waals surface area contributed by atoms with Crippen molar-refractivity contribution in [2.24, 2.45) is 0 Å². The lowest BCUT2D eigenvalue weighted by molar-refractivity contribution is 1.45. The van der Waals surface area contributed by atoms with Crippen molar-refractivity contribution in [1.29, 1.82) is 0 Å². The molecule has 0 aliphatic carbocycles. The molecule has 0 radical (unpaired) electrons. The van der Waals surface area contributed by atoms with Crippen LogP contribution in [0, 0.1) is 13.8 Å². The van der Waals surface area contributed by atoms with Crippen LogP contribution in [0.3, 0.4) is 0 Å². The van der Waals surface area contributed by atoms with Gasteiger partial charge in [0.15, 0.2) is 0 Å². The van der Waals surface area contributed by atoms with Gasteiger partial charge in [0.05, 0.1) is 0 Å². The summed E-state index contributed by atoms with van der Waals surface area (Å²) in [6.45, 7) is 4.42. The van der Waals surface area contributed by atoms with Crippen LogP contribution in [0.25, 0.3) is 98.0 Å². The second-order valence-electron chi connectivity index (χ2n) is 28.7. The maximum atomic E-state index is 2.42. The van der Waals surface area contributed by atoms with Gasteiger partial charge in [-0.05, 0) is 218 Å². The summed E-state index contributed by atoms with van der Waals surface area (Å²) in [5.74, 6) is 0. The van der Waals surface area contributed by atoms with Gasteiger partial charge in [0, 0.05) is 0 Å². The molecule has 0 aliphatic heterocycles. The molecule has 0 N–H and O–H groups in total. The van der Waals surface area contributed by atoms with E-state index in [1.165, 1.54) is 173 Å². The molecule has 0 bridgehead atoms. The van der Waals surface area contributed by atoms with Crippen LogP contribution in [0.4, 0.5) is 0 Å². The summed E-state index contributed by atoms with van der Waals surface area (Å²) in [5, 5.41) is 31.9. The second-order valence-corrected chi connectivity index (χ2v) is 37.4. The van der Waals surface area contributed by atoms with E-state index in [0.29, 0.717) is 0 Å². The van der Waals surface area contributed by atoms with Gasteiger partial charge in [-0.1, -0.05) is 461 Å². The van der Waals surface area contributed by atoms with Crippen molar-refractivity contribution in [3.05, 3.63) is 472 Å². The third-order valence-electron chi connectivity index (χ3n) is 21.7. The van der Waals surface area contributed by atoms with E-state index in [1.807, 2.05) is 0 Å². The Hall–Kier alpha value is -12.3. The van der Waals surface area contributed by atoms with Crippen molar-refractivity contribution in [1.82, 2.24) is 0 Å². The molecule has 0 spiro atoms. The van der Waals surface area contributed by atoms with Crippen LogP contribution < -0.4 is 63.7 Å². The van der Waals surface area contributed by atoms with Gasteiger partial charge in [0.2, 0.25) is 0 Å². The number of benzene rings is 20. The topological polar surface area (TPSA) is 0 Å². The molecule has 0 saturated heterocycles. The molecule has 20 aromatic rings. The summed E-state index contributed by atoms with van der Waals surface area (Å²) in [6.07, 6.45) is 0. The van der Waals surface area contributed by atoms with Crippen molar-refractivity contribution in [2.45, 2.75) is 13.8 Å². The Morgan fingerprint density at radius 2 is 0.263 bits per heavy atom. The molecule has 0 saturated carbocycles. The molecule has 0 fully saturated rings. The highest BCUT2D eigenvalue weighted by Gasteiger charge is 2.31. The first-order valence-electron chi connectivity index (χ1n) is 39.1. The quantitative estimate of drug-likeness (QED) is 0.0898. The van der Waals surface area contributed by atoms with Crippen LogP contribution >= 0.6 is 31.7 Å². The van der Waals surface area contributed by atoms with Gasteiger partial charge in [-0.2, -0.15) is 0 Å². The summed E-state index contributed by atoms with van der Waals surface area (Å²) in [7, 11) is -3.41. The van der Waals surface area contributed by atoms with Crippen molar-refractivity contribution in [2.75, 3.05) is 0 Å². The monoisotopic (exact) mass is 1530 g/mol. The van der Waals surface area contributed by atoms with E-state index in [0.717, 1.165) is 0 Å². The summed E-state index contributed by atoms with van der Waals surface area (Å²) >= 11 is 0. The molecule has 0 amide bonds. The van der Waals surface area contributed by atoms with Gasteiger partial charge in [-0.15, -0.1) is 0 Å². The Morgan fingerprint density at radius 3 is 0.439 bits per heavy atom. The van der Waals surface area contributed by atoms with Gasteiger partial charge < -0.3 is 0 Å². The fourth-order valence-corrected chi connectivity index (χ4v) is 26.5. The summed E-state index contributed by atoms with van der Waals surface area (Å²) in [5.41, 5.74) is 10.8. The molecular weight excluding hydrogens is 1450 g/mol. The number of aryl methyl sites for hydroxylation is 2. The largest absolute Gasteiger partial charge is 0.0622 e. The molecule has 114 heavy (non-hydrogen) atoms. The Balaban J connectivity index is 0.000000126. The first kappa shape index (κ1) is 73.2. The molecule has 542 valence electrons. The third-order valence-corrected chi connectivity index (χ3v) is 31.7. The van der Waals surface area contributed by atoms with Gasteiger partial charge in [-0.25, -0.2) is 0 Å². The first-order chi connectivity index (χ1) is 56.5. The zero-order valence-electron chi connectivity index (χ0n) is 63.7. The molecule has 0 atom stereocenters. The zero-order chi connectivity index (χ0) is 76.5. The minimum atomic E-state index is -0.852. The minimum Gasteiger partial charge on any atom is -0.0622 e. The summed E-state index contributed by atoms with van der Waals surface area (Å²) in [6, 6.07) is 170. The van der Waals surface area contributed by atoms with Crippen LogP contribution in [0.2, 0.25) is 0 Å². The van der Waals surface area contributed by atoms with Gasteiger partial charge in [-0.3, -0.25) is 0 Å². The predicted octanol–water partition coefficient (Wildman–Crippen LogP) is 24.6.